The van der Waals surface area contributed by atoms with Gasteiger partial charge in [-0.3, -0.25) is 19.3 Å². The summed E-state index contributed by atoms with van der Waals surface area (Å²) >= 11 is 0. The molecule has 3 atom stereocenters. The van der Waals surface area contributed by atoms with Crippen LogP contribution in [0.4, 0.5) is 11.4 Å². The maximum Gasteiger partial charge on any atom is 0.247 e. The molecule has 3 unspecified atom stereocenters. The molecule has 2 aromatic carbocycles. The Morgan fingerprint density at radius 2 is 1.36 bits per heavy atom. The minimum atomic E-state index is -0.536. The third kappa shape index (κ3) is 6.13. The summed E-state index contributed by atoms with van der Waals surface area (Å²) in [5, 5.41) is 16.7. The molecule has 3 heterocycles. The minimum absolute atomic E-state index is 0.0806. The molecule has 1 aromatic heterocycles. The van der Waals surface area contributed by atoms with Crippen LogP contribution in [0.3, 0.4) is 0 Å². The van der Waals surface area contributed by atoms with Crippen molar-refractivity contribution in [1.29, 1.82) is 0 Å². The number of aliphatic hydroxyl groups excluding tert-OH is 1. The average Bonchev–Trinajstić information content (AvgIpc) is 3.77. The van der Waals surface area contributed by atoms with Crippen LogP contribution in [0.5, 0.6) is 0 Å². The first-order valence-corrected chi connectivity index (χ1v) is 16.5. The molecular weight excluding hydrogens is 570 g/mol. The van der Waals surface area contributed by atoms with Gasteiger partial charge in [-0.25, -0.2) is 4.98 Å². The Bertz CT molecular complexity index is 1530. The van der Waals surface area contributed by atoms with Crippen LogP contribution >= 0.6 is 0 Å². The van der Waals surface area contributed by atoms with E-state index in [9.17, 15) is 19.5 Å². The van der Waals surface area contributed by atoms with Crippen molar-refractivity contribution < 1.29 is 23.9 Å². The van der Waals surface area contributed by atoms with Gasteiger partial charge in [-0.1, -0.05) is 12.8 Å². The molecule has 2 saturated carbocycles. The van der Waals surface area contributed by atoms with E-state index >= 15 is 0 Å². The highest BCUT2D eigenvalue weighted by molar-refractivity contribution is 5.98. The maximum atomic E-state index is 13.1. The van der Waals surface area contributed by atoms with Gasteiger partial charge in [0.1, 0.15) is 12.3 Å². The van der Waals surface area contributed by atoms with Crippen LogP contribution in [0.1, 0.15) is 64.2 Å². The standard InChI is InChI=1S/C35H41N5O5/c41-31(28-9-3-19-39(28)34(43)24-5-1-6-24)37-26-15-11-22(12-16-26)30-21-36-33(45-30)23-13-17-27(18-14-23)38-32(42)29-10-4-20-40(29)35(44)25-7-2-8-25/h11-18,21,24-25,28-29,34,43H,1-10,19-20H2,(H,37,41)(H,38,42). The van der Waals surface area contributed by atoms with Crippen molar-refractivity contribution in [2.24, 2.45) is 11.8 Å². The number of nitrogens with one attached hydrogen (secondary N) is 2. The van der Waals surface area contributed by atoms with E-state index in [0.29, 0.717) is 36.0 Å². The molecule has 2 saturated heterocycles. The van der Waals surface area contributed by atoms with Crippen LogP contribution < -0.4 is 10.6 Å². The van der Waals surface area contributed by atoms with Gasteiger partial charge in [0.25, 0.3) is 0 Å². The molecule has 0 bridgehead atoms. The van der Waals surface area contributed by atoms with Crippen LogP contribution in [0.25, 0.3) is 22.8 Å². The molecule has 3 amide bonds. The second kappa shape index (κ2) is 12.8. The SMILES string of the molecule is O=C(Nc1ccc(-c2ncc(-c3ccc(NC(=O)C4CCCN4C(O)C4CCC4)cc3)o2)cc1)C1CCCN1C(=O)C1CCC1. The zero-order valence-electron chi connectivity index (χ0n) is 25.5. The first-order chi connectivity index (χ1) is 21.9. The number of anilines is 2. The number of hydrogen-bond acceptors (Lipinski definition) is 7. The number of likely N-dealkylation sites (tertiary alicyclic amines) is 2. The van der Waals surface area contributed by atoms with Gasteiger partial charge in [0.2, 0.25) is 23.6 Å². The smallest absolute Gasteiger partial charge is 0.247 e. The quantitative estimate of drug-likeness (QED) is 0.301. The number of aliphatic hydroxyl groups is 1. The summed E-state index contributed by atoms with van der Waals surface area (Å²) in [6, 6.07) is 14.1. The number of amides is 3. The molecular formula is C35H41N5O5. The summed E-state index contributed by atoms with van der Waals surface area (Å²) < 4.78 is 6.05. The van der Waals surface area contributed by atoms with E-state index in [-0.39, 0.29) is 35.6 Å². The number of aromatic nitrogens is 1. The van der Waals surface area contributed by atoms with Gasteiger partial charge >= 0.3 is 0 Å². The van der Waals surface area contributed by atoms with Crippen LogP contribution in [-0.2, 0) is 14.4 Å². The van der Waals surface area contributed by atoms with Crippen molar-refractivity contribution in [3.05, 3.63) is 54.7 Å². The van der Waals surface area contributed by atoms with Gasteiger partial charge < -0.3 is 25.1 Å². The molecule has 0 spiro atoms. The highest BCUT2D eigenvalue weighted by atomic mass is 16.4. The van der Waals surface area contributed by atoms with Crippen molar-refractivity contribution in [1.82, 2.24) is 14.8 Å². The first-order valence-electron chi connectivity index (χ1n) is 16.5. The molecule has 10 heteroatoms. The zero-order valence-corrected chi connectivity index (χ0v) is 25.5. The van der Waals surface area contributed by atoms with E-state index in [0.717, 1.165) is 75.5 Å². The summed E-state index contributed by atoms with van der Waals surface area (Å²) in [4.78, 5) is 47.1. The van der Waals surface area contributed by atoms with E-state index in [1.807, 2.05) is 53.4 Å². The third-order valence-corrected chi connectivity index (χ3v) is 10.1. The molecule has 2 aliphatic heterocycles. The van der Waals surface area contributed by atoms with Crippen molar-refractivity contribution in [3.8, 4) is 22.8 Å². The lowest BCUT2D eigenvalue weighted by atomic mass is 9.83. The minimum Gasteiger partial charge on any atom is -0.436 e. The molecule has 0 radical (unpaired) electrons. The fourth-order valence-electron chi connectivity index (χ4n) is 6.99. The number of benzene rings is 2. The highest BCUT2D eigenvalue weighted by Crippen LogP contribution is 2.35. The van der Waals surface area contributed by atoms with Crippen molar-refractivity contribution >= 4 is 29.1 Å². The molecule has 45 heavy (non-hydrogen) atoms. The molecule has 4 aliphatic rings. The summed E-state index contributed by atoms with van der Waals surface area (Å²) in [7, 11) is 0. The Morgan fingerprint density at radius 1 is 0.756 bits per heavy atom. The molecule has 3 N–H and O–H groups in total. The lowest BCUT2D eigenvalue weighted by Gasteiger charge is -2.38. The average molecular weight is 612 g/mol. The maximum absolute atomic E-state index is 13.1. The second-order valence-corrected chi connectivity index (χ2v) is 13.0. The lowest BCUT2D eigenvalue weighted by molar-refractivity contribution is -0.142. The van der Waals surface area contributed by atoms with Crippen molar-refractivity contribution in [2.75, 3.05) is 23.7 Å². The molecule has 10 nitrogen and oxygen atoms in total. The molecule has 7 rings (SSSR count). The predicted octanol–water partition coefficient (Wildman–Crippen LogP) is 5.26. The zero-order chi connectivity index (χ0) is 30.9. The molecule has 4 fully saturated rings. The van der Waals surface area contributed by atoms with E-state index in [4.69, 9.17) is 4.42 Å². The van der Waals surface area contributed by atoms with Crippen LogP contribution in [0, 0.1) is 11.8 Å². The van der Waals surface area contributed by atoms with Gasteiger partial charge in [-0.2, -0.15) is 0 Å². The van der Waals surface area contributed by atoms with Gasteiger partial charge in [0, 0.05) is 41.5 Å². The normalized spacial score (nSPS) is 22.9. The van der Waals surface area contributed by atoms with E-state index in [1.54, 1.807) is 11.1 Å². The predicted molar refractivity (Wildman–Crippen MR) is 170 cm³/mol. The van der Waals surface area contributed by atoms with Gasteiger partial charge in [-0.15, -0.1) is 0 Å². The highest BCUT2D eigenvalue weighted by Gasteiger charge is 2.40. The number of oxazole rings is 1. The summed E-state index contributed by atoms with van der Waals surface area (Å²) in [6.45, 7) is 1.41. The van der Waals surface area contributed by atoms with Crippen LogP contribution in [0.15, 0.2) is 59.1 Å². The lowest BCUT2D eigenvalue weighted by Crippen LogP contribution is -2.49. The van der Waals surface area contributed by atoms with Crippen molar-refractivity contribution in [3.63, 3.8) is 0 Å². The van der Waals surface area contributed by atoms with Gasteiger partial charge in [0.15, 0.2) is 5.76 Å². The third-order valence-electron chi connectivity index (χ3n) is 10.1. The fraction of sp³-hybridized carbons (Fsp3) is 0.486. The number of carbonyl (C=O) groups excluding carboxylic acids is 3. The Balaban J connectivity index is 0.943. The Labute approximate surface area is 263 Å². The van der Waals surface area contributed by atoms with Gasteiger partial charge in [-0.05, 0) is 106 Å². The van der Waals surface area contributed by atoms with E-state index < -0.39 is 12.3 Å². The Morgan fingerprint density at radius 3 is 1.98 bits per heavy atom. The molecule has 3 aromatic rings. The summed E-state index contributed by atoms with van der Waals surface area (Å²) in [5.41, 5.74) is 2.96. The first kappa shape index (κ1) is 29.7. The number of rotatable bonds is 9. The van der Waals surface area contributed by atoms with Crippen molar-refractivity contribution in [2.45, 2.75) is 82.5 Å². The second-order valence-electron chi connectivity index (χ2n) is 13.0. The topological polar surface area (TPSA) is 128 Å². The van der Waals surface area contributed by atoms with E-state index in [1.165, 1.54) is 0 Å². The summed E-state index contributed by atoms with van der Waals surface area (Å²) in [5.74, 6) is 1.34. The Kier molecular flexibility index (Phi) is 8.42. The molecule has 2 aliphatic carbocycles. The number of nitrogens with zero attached hydrogens (tertiary/aromatic N) is 3. The van der Waals surface area contributed by atoms with Gasteiger partial charge in [0.05, 0.1) is 12.2 Å². The monoisotopic (exact) mass is 611 g/mol. The largest absolute Gasteiger partial charge is 0.436 e. The fourth-order valence-corrected chi connectivity index (χ4v) is 6.99. The van der Waals surface area contributed by atoms with Crippen LogP contribution in [0.2, 0.25) is 0 Å². The molecule has 236 valence electrons. The number of carbonyl (C=O) groups is 3. The Hall–Kier alpha value is -4.02. The van der Waals surface area contributed by atoms with E-state index in [2.05, 4.69) is 15.6 Å². The number of hydrogen-bond donors (Lipinski definition) is 3. The van der Waals surface area contributed by atoms with Crippen LogP contribution in [-0.4, -0.2) is 69.0 Å². The summed E-state index contributed by atoms with van der Waals surface area (Å²) in [6.07, 6.45) is 10.5.